The molecule has 0 aliphatic carbocycles. The predicted octanol–water partition coefficient (Wildman–Crippen LogP) is 3.56. The minimum Gasteiger partial charge on any atom is -0.507 e. The third-order valence-electron chi connectivity index (χ3n) is 2.68. The lowest BCUT2D eigenvalue weighted by Gasteiger charge is -2.22. The van der Waals surface area contributed by atoms with Crippen molar-refractivity contribution < 1.29 is 5.11 Å². The fourth-order valence-corrected chi connectivity index (χ4v) is 1.79. The quantitative estimate of drug-likeness (QED) is 0.721. The first-order valence-electron chi connectivity index (χ1n) is 5.19. The molecule has 0 spiro atoms. The second-order valence-corrected chi connectivity index (χ2v) is 4.86. The van der Waals surface area contributed by atoms with Gasteiger partial charge >= 0.3 is 0 Å². The van der Waals surface area contributed by atoms with E-state index in [-0.39, 0.29) is 5.41 Å². The summed E-state index contributed by atoms with van der Waals surface area (Å²) in [4.78, 5) is 0. The SMILES string of the molecule is CCc1c(C)ccc(C(C)(C)C)c1O. The number of hydrogen-bond acceptors (Lipinski definition) is 1. The predicted molar refractivity (Wildman–Crippen MR) is 60.9 cm³/mol. The maximum atomic E-state index is 10.1. The Bertz CT molecular complexity index is 332. The molecule has 0 unspecified atom stereocenters. The highest BCUT2D eigenvalue weighted by Crippen LogP contribution is 2.34. The smallest absolute Gasteiger partial charge is 0.122 e. The summed E-state index contributed by atoms with van der Waals surface area (Å²) in [5.74, 6) is 0.486. The zero-order chi connectivity index (χ0) is 10.9. The van der Waals surface area contributed by atoms with Crippen molar-refractivity contribution >= 4 is 0 Å². The summed E-state index contributed by atoms with van der Waals surface area (Å²) in [5.41, 5.74) is 3.32. The van der Waals surface area contributed by atoms with E-state index in [4.69, 9.17) is 0 Å². The number of benzene rings is 1. The van der Waals surface area contributed by atoms with Gasteiger partial charge in [-0.15, -0.1) is 0 Å². The average molecular weight is 192 g/mol. The third-order valence-corrected chi connectivity index (χ3v) is 2.68. The van der Waals surface area contributed by atoms with Crippen LogP contribution < -0.4 is 0 Å². The molecule has 0 saturated carbocycles. The van der Waals surface area contributed by atoms with Crippen LogP contribution in [-0.4, -0.2) is 5.11 Å². The van der Waals surface area contributed by atoms with Gasteiger partial charge in [-0.3, -0.25) is 0 Å². The van der Waals surface area contributed by atoms with Crippen molar-refractivity contribution in [2.45, 2.75) is 46.5 Å². The molecule has 1 heteroatoms. The van der Waals surface area contributed by atoms with Gasteiger partial charge in [0.15, 0.2) is 0 Å². The van der Waals surface area contributed by atoms with E-state index in [1.165, 1.54) is 5.56 Å². The lowest BCUT2D eigenvalue weighted by Crippen LogP contribution is -2.12. The lowest BCUT2D eigenvalue weighted by molar-refractivity contribution is 0.440. The van der Waals surface area contributed by atoms with Gasteiger partial charge in [-0.2, -0.15) is 0 Å². The van der Waals surface area contributed by atoms with Crippen molar-refractivity contribution in [2.24, 2.45) is 0 Å². The molecule has 0 aromatic heterocycles. The first kappa shape index (κ1) is 11.1. The van der Waals surface area contributed by atoms with Gasteiger partial charge in [-0.25, -0.2) is 0 Å². The van der Waals surface area contributed by atoms with Crippen molar-refractivity contribution in [3.63, 3.8) is 0 Å². The number of rotatable bonds is 1. The summed E-state index contributed by atoms with van der Waals surface area (Å²) < 4.78 is 0. The second kappa shape index (κ2) is 3.64. The van der Waals surface area contributed by atoms with Gasteiger partial charge in [0, 0.05) is 0 Å². The molecule has 1 nitrogen and oxygen atoms in total. The summed E-state index contributed by atoms with van der Waals surface area (Å²) in [6.45, 7) is 10.5. The molecule has 0 atom stereocenters. The van der Waals surface area contributed by atoms with E-state index >= 15 is 0 Å². The molecule has 1 rings (SSSR count). The molecule has 0 fully saturated rings. The fraction of sp³-hybridized carbons (Fsp3) is 0.538. The van der Waals surface area contributed by atoms with E-state index in [9.17, 15) is 5.11 Å². The second-order valence-electron chi connectivity index (χ2n) is 4.86. The first-order chi connectivity index (χ1) is 6.38. The molecule has 1 aromatic rings. The zero-order valence-electron chi connectivity index (χ0n) is 9.81. The molecule has 0 aliphatic heterocycles. The molecule has 0 bridgehead atoms. The van der Waals surface area contributed by atoms with Crippen LogP contribution in [0.3, 0.4) is 0 Å². The standard InChI is InChI=1S/C13H20O/c1-6-10-9(2)7-8-11(12(10)14)13(3,4)5/h7-8,14H,6H2,1-5H3. The van der Waals surface area contributed by atoms with Crippen LogP contribution in [-0.2, 0) is 11.8 Å². The highest BCUT2D eigenvalue weighted by atomic mass is 16.3. The Labute approximate surface area is 86.8 Å². The topological polar surface area (TPSA) is 20.2 Å². The van der Waals surface area contributed by atoms with Gasteiger partial charge in [0.1, 0.15) is 5.75 Å². The Hall–Kier alpha value is -0.980. The van der Waals surface area contributed by atoms with Gasteiger partial charge in [-0.05, 0) is 35.4 Å². The van der Waals surface area contributed by atoms with E-state index in [0.717, 1.165) is 17.5 Å². The first-order valence-corrected chi connectivity index (χ1v) is 5.19. The van der Waals surface area contributed by atoms with E-state index < -0.39 is 0 Å². The van der Waals surface area contributed by atoms with Gasteiger partial charge in [0.25, 0.3) is 0 Å². The summed E-state index contributed by atoms with van der Waals surface area (Å²) in [7, 11) is 0. The lowest BCUT2D eigenvalue weighted by atomic mass is 9.84. The fourth-order valence-electron chi connectivity index (χ4n) is 1.79. The van der Waals surface area contributed by atoms with Gasteiger partial charge < -0.3 is 5.11 Å². The summed E-state index contributed by atoms with van der Waals surface area (Å²) in [6, 6.07) is 4.13. The van der Waals surface area contributed by atoms with Crippen molar-refractivity contribution in [3.05, 3.63) is 28.8 Å². The van der Waals surface area contributed by atoms with Crippen LogP contribution in [0.5, 0.6) is 5.75 Å². The summed E-state index contributed by atoms with van der Waals surface area (Å²) >= 11 is 0. The van der Waals surface area contributed by atoms with E-state index in [1.807, 2.05) is 13.0 Å². The minimum absolute atomic E-state index is 0.0156. The average Bonchev–Trinajstić information content (AvgIpc) is 2.02. The molecule has 78 valence electrons. The normalized spacial score (nSPS) is 11.8. The third kappa shape index (κ3) is 1.92. The summed E-state index contributed by atoms with van der Waals surface area (Å²) in [6.07, 6.45) is 0.890. The van der Waals surface area contributed by atoms with Crippen LogP contribution in [0.2, 0.25) is 0 Å². The van der Waals surface area contributed by atoms with Crippen LogP contribution in [0.15, 0.2) is 12.1 Å². The molecule has 0 aliphatic rings. The zero-order valence-corrected chi connectivity index (χ0v) is 9.81. The highest BCUT2D eigenvalue weighted by molar-refractivity contribution is 5.47. The highest BCUT2D eigenvalue weighted by Gasteiger charge is 2.20. The molecule has 0 amide bonds. The molecule has 14 heavy (non-hydrogen) atoms. The van der Waals surface area contributed by atoms with Crippen LogP contribution in [0.25, 0.3) is 0 Å². The van der Waals surface area contributed by atoms with Gasteiger partial charge in [-0.1, -0.05) is 39.8 Å². The van der Waals surface area contributed by atoms with Crippen LogP contribution >= 0.6 is 0 Å². The van der Waals surface area contributed by atoms with Crippen molar-refractivity contribution in [3.8, 4) is 5.75 Å². The number of aryl methyl sites for hydroxylation is 1. The van der Waals surface area contributed by atoms with Gasteiger partial charge in [0.2, 0.25) is 0 Å². The molecule has 0 radical (unpaired) electrons. The Kier molecular flexibility index (Phi) is 2.89. The van der Waals surface area contributed by atoms with Crippen molar-refractivity contribution in [1.82, 2.24) is 0 Å². The van der Waals surface area contributed by atoms with Crippen molar-refractivity contribution in [2.75, 3.05) is 0 Å². The van der Waals surface area contributed by atoms with Crippen LogP contribution in [0, 0.1) is 6.92 Å². The van der Waals surface area contributed by atoms with E-state index in [2.05, 4.69) is 33.8 Å². The van der Waals surface area contributed by atoms with Crippen LogP contribution in [0.4, 0.5) is 0 Å². The molecular formula is C13H20O. The largest absolute Gasteiger partial charge is 0.507 e. The van der Waals surface area contributed by atoms with Crippen LogP contribution in [0.1, 0.15) is 44.4 Å². The molecule has 1 N–H and O–H groups in total. The minimum atomic E-state index is 0.0156. The number of phenolic OH excluding ortho intramolecular Hbond substituents is 1. The Morgan fingerprint density at radius 2 is 1.79 bits per heavy atom. The maximum Gasteiger partial charge on any atom is 0.122 e. The summed E-state index contributed by atoms with van der Waals surface area (Å²) in [5, 5.41) is 10.1. The molecule has 0 heterocycles. The Morgan fingerprint density at radius 1 is 1.21 bits per heavy atom. The molecule has 1 aromatic carbocycles. The van der Waals surface area contributed by atoms with Gasteiger partial charge in [0.05, 0.1) is 0 Å². The Balaban J connectivity index is 3.36. The van der Waals surface area contributed by atoms with E-state index in [0.29, 0.717) is 5.75 Å². The maximum absolute atomic E-state index is 10.1. The number of phenols is 1. The van der Waals surface area contributed by atoms with E-state index in [1.54, 1.807) is 0 Å². The number of aromatic hydroxyl groups is 1. The molecule has 0 saturated heterocycles. The molecular weight excluding hydrogens is 172 g/mol. The monoisotopic (exact) mass is 192 g/mol. The number of hydrogen-bond donors (Lipinski definition) is 1. The van der Waals surface area contributed by atoms with Crippen molar-refractivity contribution in [1.29, 1.82) is 0 Å². The Morgan fingerprint density at radius 3 is 2.21 bits per heavy atom.